The van der Waals surface area contributed by atoms with E-state index in [1.54, 1.807) is 23.5 Å². The van der Waals surface area contributed by atoms with E-state index in [2.05, 4.69) is 38.0 Å². The van der Waals surface area contributed by atoms with E-state index in [0.717, 1.165) is 31.8 Å². The molecule has 0 bridgehead atoms. The molecule has 30 heavy (non-hydrogen) atoms. The number of halogens is 1. The van der Waals surface area contributed by atoms with Crippen LogP contribution in [0.3, 0.4) is 0 Å². The molecule has 4 rings (SSSR count). The Morgan fingerprint density at radius 2 is 1.60 bits per heavy atom. The monoisotopic (exact) mass is 499 g/mol. The van der Waals surface area contributed by atoms with Crippen molar-refractivity contribution in [2.75, 3.05) is 0 Å². The van der Waals surface area contributed by atoms with E-state index in [0.29, 0.717) is 6.54 Å². The van der Waals surface area contributed by atoms with Gasteiger partial charge in [-0.25, -0.2) is 18.5 Å². The highest BCUT2D eigenvalue weighted by Crippen LogP contribution is 2.24. The highest BCUT2D eigenvalue weighted by Gasteiger charge is 2.11. The van der Waals surface area contributed by atoms with Gasteiger partial charge in [-0.2, -0.15) is 0 Å². The Kier molecular flexibility index (Phi) is 6.01. The van der Waals surface area contributed by atoms with Crippen molar-refractivity contribution in [3.05, 3.63) is 99.1 Å². The highest BCUT2D eigenvalue weighted by molar-refractivity contribution is 9.10. The summed E-state index contributed by atoms with van der Waals surface area (Å²) >= 11 is 5.05. The average molecular weight is 500 g/mol. The normalized spacial score (nSPS) is 12.3. The molecule has 8 heteroatoms. The fourth-order valence-corrected chi connectivity index (χ4v) is 4.71. The maximum Gasteiger partial charge on any atom is 0.238 e. The lowest BCUT2D eigenvalue weighted by Gasteiger charge is -2.10. The molecule has 0 spiro atoms. The minimum absolute atomic E-state index is 0.101. The first-order valence-corrected chi connectivity index (χ1v) is 12.3. The van der Waals surface area contributed by atoms with Gasteiger partial charge in [-0.15, -0.1) is 11.3 Å². The van der Waals surface area contributed by atoms with Crippen molar-refractivity contribution in [2.45, 2.75) is 11.4 Å². The zero-order valence-electron chi connectivity index (χ0n) is 15.8. The Balaban J connectivity index is 1.80. The summed E-state index contributed by atoms with van der Waals surface area (Å²) in [5.41, 5.74) is 3.94. The summed E-state index contributed by atoms with van der Waals surface area (Å²) in [6.07, 6.45) is 0. The fraction of sp³-hybridized carbons (Fsp3) is 0.0455. The first kappa shape index (κ1) is 20.7. The first-order valence-electron chi connectivity index (χ1n) is 9.06. The molecule has 0 saturated carbocycles. The summed E-state index contributed by atoms with van der Waals surface area (Å²) in [6, 6.07) is 24.5. The predicted octanol–water partition coefficient (Wildman–Crippen LogP) is 4.91. The second-order valence-electron chi connectivity index (χ2n) is 6.63. The molecule has 2 N–H and O–H groups in total. The molecule has 0 saturated heterocycles. The van der Waals surface area contributed by atoms with Crippen molar-refractivity contribution in [1.82, 2.24) is 4.57 Å². The summed E-state index contributed by atoms with van der Waals surface area (Å²) < 4.78 is 26.2. The lowest BCUT2D eigenvalue weighted by atomic mass is 10.1. The van der Waals surface area contributed by atoms with Crippen LogP contribution in [-0.4, -0.2) is 13.0 Å². The summed E-state index contributed by atoms with van der Waals surface area (Å²) in [7, 11) is -3.71. The number of rotatable bonds is 5. The lowest BCUT2D eigenvalue weighted by Crippen LogP contribution is -2.17. The van der Waals surface area contributed by atoms with Crippen LogP contribution in [0.5, 0.6) is 0 Å². The Morgan fingerprint density at radius 1 is 0.933 bits per heavy atom. The molecule has 1 aromatic heterocycles. The molecule has 0 aliphatic heterocycles. The number of thiazole rings is 1. The topological polar surface area (TPSA) is 77.5 Å². The summed E-state index contributed by atoms with van der Waals surface area (Å²) in [5, 5.41) is 7.30. The summed E-state index contributed by atoms with van der Waals surface area (Å²) in [6.45, 7) is 0.547. The van der Waals surface area contributed by atoms with Crippen LogP contribution in [-0.2, 0) is 16.6 Å². The maximum atomic E-state index is 11.5. The summed E-state index contributed by atoms with van der Waals surface area (Å²) in [4.78, 5) is 5.77. The van der Waals surface area contributed by atoms with Crippen LogP contribution in [0, 0.1) is 0 Å². The van der Waals surface area contributed by atoms with Gasteiger partial charge in [0.15, 0.2) is 4.80 Å². The number of primary sulfonamides is 1. The van der Waals surface area contributed by atoms with Gasteiger partial charge in [0.1, 0.15) is 0 Å². The van der Waals surface area contributed by atoms with Gasteiger partial charge in [-0.1, -0.05) is 58.4 Å². The molecule has 1 heterocycles. The molecular weight excluding hydrogens is 482 g/mol. The number of para-hydroxylation sites is 1. The molecule has 5 nitrogen and oxygen atoms in total. The zero-order chi connectivity index (χ0) is 21.1. The molecule has 0 amide bonds. The van der Waals surface area contributed by atoms with Crippen molar-refractivity contribution in [3.63, 3.8) is 0 Å². The zero-order valence-corrected chi connectivity index (χ0v) is 19.0. The van der Waals surface area contributed by atoms with Gasteiger partial charge in [-0.05, 0) is 47.5 Å². The number of benzene rings is 3. The lowest BCUT2D eigenvalue weighted by molar-refractivity contribution is 0.597. The van der Waals surface area contributed by atoms with Gasteiger partial charge in [0.25, 0.3) is 0 Å². The molecule has 0 atom stereocenters. The molecule has 152 valence electrons. The Morgan fingerprint density at radius 3 is 2.23 bits per heavy atom. The second kappa shape index (κ2) is 8.69. The van der Waals surface area contributed by atoms with Gasteiger partial charge in [-0.3, -0.25) is 0 Å². The van der Waals surface area contributed by atoms with Crippen LogP contribution >= 0.6 is 27.3 Å². The third-order valence-electron chi connectivity index (χ3n) is 4.51. The van der Waals surface area contributed by atoms with E-state index >= 15 is 0 Å². The van der Waals surface area contributed by atoms with Gasteiger partial charge in [0.2, 0.25) is 10.0 Å². The second-order valence-corrected chi connectivity index (χ2v) is 9.95. The molecule has 3 aromatic carbocycles. The van der Waals surface area contributed by atoms with Crippen molar-refractivity contribution in [3.8, 4) is 11.3 Å². The number of nitrogens with two attached hydrogens (primary N) is 1. The maximum absolute atomic E-state index is 11.5. The largest absolute Gasteiger partial charge is 0.312 e. The van der Waals surface area contributed by atoms with E-state index in [1.807, 2.05) is 42.5 Å². The Bertz CT molecular complexity index is 1330. The van der Waals surface area contributed by atoms with Crippen LogP contribution in [0.1, 0.15) is 5.56 Å². The van der Waals surface area contributed by atoms with E-state index in [9.17, 15) is 8.42 Å². The number of sulfonamides is 1. The van der Waals surface area contributed by atoms with Crippen molar-refractivity contribution in [2.24, 2.45) is 10.1 Å². The first-order chi connectivity index (χ1) is 14.4. The molecule has 0 aliphatic carbocycles. The number of nitrogens with zero attached hydrogens (tertiary/aromatic N) is 2. The van der Waals surface area contributed by atoms with Gasteiger partial charge in [0.05, 0.1) is 22.8 Å². The Labute approximate surface area is 187 Å². The third kappa shape index (κ3) is 4.79. The SMILES string of the molecule is NS(=O)(=O)c1ccc(Cn2c(-c3ccc(Br)cc3)csc2=Nc2ccccc2)cc1. The number of hydrogen-bond donors (Lipinski definition) is 1. The molecule has 0 radical (unpaired) electrons. The molecular formula is C22H18BrN3O2S2. The van der Waals surface area contributed by atoms with Gasteiger partial charge in [0, 0.05) is 9.85 Å². The Hall–Kier alpha value is -2.52. The fourth-order valence-electron chi connectivity index (χ4n) is 3.00. The van der Waals surface area contributed by atoms with Gasteiger partial charge < -0.3 is 4.57 Å². The van der Waals surface area contributed by atoms with E-state index in [1.165, 1.54) is 12.1 Å². The summed E-state index contributed by atoms with van der Waals surface area (Å²) in [5.74, 6) is 0. The van der Waals surface area contributed by atoms with Crippen molar-refractivity contribution < 1.29 is 8.42 Å². The molecule has 0 unspecified atom stereocenters. The van der Waals surface area contributed by atoms with Crippen LogP contribution < -0.4 is 9.94 Å². The number of hydrogen-bond acceptors (Lipinski definition) is 4. The predicted molar refractivity (Wildman–Crippen MR) is 124 cm³/mol. The minimum atomic E-state index is -3.71. The van der Waals surface area contributed by atoms with E-state index in [4.69, 9.17) is 10.1 Å². The van der Waals surface area contributed by atoms with Crippen molar-refractivity contribution in [1.29, 1.82) is 0 Å². The van der Waals surface area contributed by atoms with Crippen molar-refractivity contribution >= 4 is 43.0 Å². The average Bonchev–Trinajstić information content (AvgIpc) is 3.11. The van der Waals surface area contributed by atoms with Crippen LogP contribution in [0.2, 0.25) is 0 Å². The van der Waals surface area contributed by atoms with Crippen LogP contribution in [0.15, 0.2) is 98.6 Å². The standard InChI is InChI=1S/C22H18BrN3O2S2/c23-18-10-8-17(9-11-18)21-15-29-22(25-19-4-2-1-3-5-19)26(21)14-16-6-12-20(13-7-16)30(24,27)28/h1-13,15H,14H2,(H2,24,27,28). The van der Waals surface area contributed by atoms with E-state index < -0.39 is 10.0 Å². The third-order valence-corrected chi connectivity index (χ3v) is 6.83. The minimum Gasteiger partial charge on any atom is -0.312 e. The quantitative estimate of drug-likeness (QED) is 0.423. The molecule has 4 aromatic rings. The highest BCUT2D eigenvalue weighted by atomic mass is 79.9. The smallest absolute Gasteiger partial charge is 0.238 e. The van der Waals surface area contributed by atoms with E-state index in [-0.39, 0.29) is 4.90 Å². The molecule has 0 fully saturated rings. The van der Waals surface area contributed by atoms with Gasteiger partial charge >= 0.3 is 0 Å². The van der Waals surface area contributed by atoms with Crippen LogP contribution in [0.25, 0.3) is 11.3 Å². The number of aromatic nitrogens is 1. The van der Waals surface area contributed by atoms with Crippen LogP contribution in [0.4, 0.5) is 5.69 Å². The molecule has 0 aliphatic rings.